The molecule has 0 bridgehead atoms. The van der Waals surface area contributed by atoms with Gasteiger partial charge in [0.05, 0.1) is 6.26 Å². The van der Waals surface area contributed by atoms with E-state index < -0.39 is 0 Å². The van der Waals surface area contributed by atoms with Crippen LogP contribution in [0.2, 0.25) is 0 Å². The first kappa shape index (κ1) is 7.64. The Morgan fingerprint density at radius 1 is 1.50 bits per heavy atom. The fourth-order valence-electron chi connectivity index (χ4n) is 1.10. The molecule has 0 saturated heterocycles. The van der Waals surface area contributed by atoms with Crippen molar-refractivity contribution < 1.29 is 4.74 Å². The first-order valence-electron chi connectivity index (χ1n) is 3.81. The van der Waals surface area contributed by atoms with Gasteiger partial charge < -0.3 is 4.74 Å². The maximum Gasteiger partial charge on any atom is 0.106 e. The lowest BCUT2D eigenvalue weighted by atomic mass is 9.87. The van der Waals surface area contributed by atoms with Gasteiger partial charge in [-0.1, -0.05) is 20.8 Å². The minimum atomic E-state index is 0.286. The largest absolute Gasteiger partial charge is 0.497 e. The fourth-order valence-corrected chi connectivity index (χ4v) is 1.10. The second-order valence-corrected chi connectivity index (χ2v) is 4.16. The van der Waals surface area contributed by atoms with E-state index >= 15 is 0 Å². The van der Waals surface area contributed by atoms with Crippen LogP contribution in [0.5, 0.6) is 0 Å². The summed E-state index contributed by atoms with van der Waals surface area (Å²) in [7, 11) is 0. The van der Waals surface area contributed by atoms with Gasteiger partial charge in [0, 0.05) is 6.42 Å². The summed E-state index contributed by atoms with van der Waals surface area (Å²) in [6.07, 6.45) is 3.38. The Morgan fingerprint density at radius 3 is 2.30 bits per heavy atom. The van der Waals surface area contributed by atoms with Crippen molar-refractivity contribution in [2.24, 2.45) is 5.41 Å². The van der Waals surface area contributed by atoms with Crippen molar-refractivity contribution >= 4 is 0 Å². The zero-order valence-corrected chi connectivity index (χ0v) is 7.27. The second kappa shape index (κ2) is 2.30. The number of hydrogen-bond donors (Lipinski definition) is 0. The van der Waals surface area contributed by atoms with E-state index in [9.17, 15) is 0 Å². The van der Waals surface area contributed by atoms with Crippen LogP contribution in [0.15, 0.2) is 11.8 Å². The van der Waals surface area contributed by atoms with Crippen molar-refractivity contribution in [3.63, 3.8) is 0 Å². The number of rotatable bonds is 0. The molecule has 1 atom stereocenters. The minimum absolute atomic E-state index is 0.286. The predicted octanol–water partition coefficient (Wildman–Crippen LogP) is 2.73. The Labute approximate surface area is 63.1 Å². The van der Waals surface area contributed by atoms with E-state index in [1.54, 1.807) is 0 Å². The summed E-state index contributed by atoms with van der Waals surface area (Å²) >= 11 is 0. The molecule has 1 unspecified atom stereocenters. The van der Waals surface area contributed by atoms with Crippen molar-refractivity contribution in [2.75, 3.05) is 0 Å². The highest BCUT2D eigenvalue weighted by Gasteiger charge is 2.28. The highest BCUT2D eigenvalue weighted by Crippen LogP contribution is 2.31. The van der Waals surface area contributed by atoms with Crippen LogP contribution in [-0.4, -0.2) is 6.10 Å². The minimum Gasteiger partial charge on any atom is -0.497 e. The van der Waals surface area contributed by atoms with E-state index in [0.717, 1.165) is 6.42 Å². The van der Waals surface area contributed by atoms with Crippen LogP contribution >= 0.6 is 0 Å². The highest BCUT2D eigenvalue weighted by atomic mass is 16.5. The standard InChI is InChI=1S/C9H16O/c1-7-5-8(10-6-7)9(2,3)4/h6,8H,5H2,1-4H3. The summed E-state index contributed by atoms with van der Waals surface area (Å²) in [6, 6.07) is 0. The third kappa shape index (κ3) is 1.53. The van der Waals surface area contributed by atoms with E-state index in [4.69, 9.17) is 4.74 Å². The van der Waals surface area contributed by atoms with Gasteiger partial charge in [-0.3, -0.25) is 0 Å². The van der Waals surface area contributed by atoms with Crippen molar-refractivity contribution in [2.45, 2.75) is 40.2 Å². The lowest BCUT2D eigenvalue weighted by Crippen LogP contribution is -2.25. The Morgan fingerprint density at radius 2 is 2.10 bits per heavy atom. The second-order valence-electron chi connectivity index (χ2n) is 4.16. The molecule has 10 heavy (non-hydrogen) atoms. The van der Waals surface area contributed by atoms with Crippen LogP contribution in [0.4, 0.5) is 0 Å². The Bertz CT molecular complexity index is 151. The first-order chi connectivity index (χ1) is 4.50. The van der Waals surface area contributed by atoms with Gasteiger partial charge in [0.2, 0.25) is 0 Å². The predicted molar refractivity (Wildman–Crippen MR) is 42.7 cm³/mol. The normalized spacial score (nSPS) is 26.0. The van der Waals surface area contributed by atoms with Crippen LogP contribution in [-0.2, 0) is 4.74 Å². The van der Waals surface area contributed by atoms with Crippen molar-refractivity contribution in [3.05, 3.63) is 11.8 Å². The van der Waals surface area contributed by atoms with E-state index in [0.29, 0.717) is 6.10 Å². The molecule has 0 aromatic rings. The SMILES string of the molecule is CC1=COC(C(C)(C)C)C1. The highest BCUT2D eigenvalue weighted by molar-refractivity contribution is 5.03. The molecule has 1 heterocycles. The molecule has 0 saturated carbocycles. The fraction of sp³-hybridized carbons (Fsp3) is 0.778. The Kier molecular flexibility index (Phi) is 1.76. The topological polar surface area (TPSA) is 9.23 Å². The van der Waals surface area contributed by atoms with Crippen molar-refractivity contribution in [1.29, 1.82) is 0 Å². The molecule has 0 aliphatic carbocycles. The summed E-state index contributed by atoms with van der Waals surface area (Å²) in [5.74, 6) is 0. The number of hydrogen-bond acceptors (Lipinski definition) is 1. The molecule has 1 nitrogen and oxygen atoms in total. The maximum absolute atomic E-state index is 5.47. The molecular formula is C9H16O. The molecule has 1 aliphatic heterocycles. The van der Waals surface area contributed by atoms with Gasteiger partial charge in [0.1, 0.15) is 6.10 Å². The molecule has 0 amide bonds. The first-order valence-corrected chi connectivity index (χ1v) is 3.81. The third-order valence-electron chi connectivity index (χ3n) is 1.91. The number of ether oxygens (including phenoxy) is 1. The molecule has 1 aliphatic rings. The van der Waals surface area contributed by atoms with Gasteiger partial charge in [-0.15, -0.1) is 0 Å². The monoisotopic (exact) mass is 140 g/mol. The molecule has 1 rings (SSSR count). The van der Waals surface area contributed by atoms with E-state index in [-0.39, 0.29) is 5.41 Å². The van der Waals surface area contributed by atoms with Crippen LogP contribution < -0.4 is 0 Å². The summed E-state index contributed by atoms with van der Waals surface area (Å²) in [5.41, 5.74) is 1.65. The third-order valence-corrected chi connectivity index (χ3v) is 1.91. The van der Waals surface area contributed by atoms with Gasteiger partial charge in [0.15, 0.2) is 0 Å². The van der Waals surface area contributed by atoms with Crippen LogP contribution in [0.1, 0.15) is 34.1 Å². The molecular weight excluding hydrogens is 124 g/mol. The molecule has 0 aromatic carbocycles. The van der Waals surface area contributed by atoms with E-state index in [1.807, 2.05) is 6.26 Å². The van der Waals surface area contributed by atoms with Crippen LogP contribution in [0.25, 0.3) is 0 Å². The zero-order valence-electron chi connectivity index (χ0n) is 7.27. The molecule has 0 N–H and O–H groups in total. The quantitative estimate of drug-likeness (QED) is 0.502. The van der Waals surface area contributed by atoms with Gasteiger partial charge in [-0.25, -0.2) is 0 Å². The average molecular weight is 140 g/mol. The smallest absolute Gasteiger partial charge is 0.106 e. The van der Waals surface area contributed by atoms with Crippen molar-refractivity contribution in [3.8, 4) is 0 Å². The van der Waals surface area contributed by atoms with Crippen LogP contribution in [0.3, 0.4) is 0 Å². The van der Waals surface area contributed by atoms with Gasteiger partial charge in [0.25, 0.3) is 0 Å². The summed E-state index contributed by atoms with van der Waals surface area (Å²) in [5, 5.41) is 0. The van der Waals surface area contributed by atoms with Gasteiger partial charge in [-0.05, 0) is 17.9 Å². The van der Waals surface area contributed by atoms with E-state index in [1.165, 1.54) is 5.57 Å². The Balaban J connectivity index is 2.50. The lowest BCUT2D eigenvalue weighted by Gasteiger charge is -2.25. The lowest BCUT2D eigenvalue weighted by molar-refractivity contribution is 0.0659. The summed E-state index contributed by atoms with van der Waals surface area (Å²) in [4.78, 5) is 0. The molecule has 58 valence electrons. The molecule has 0 spiro atoms. The summed E-state index contributed by atoms with van der Waals surface area (Å²) < 4.78 is 5.47. The molecule has 0 fully saturated rings. The van der Waals surface area contributed by atoms with Gasteiger partial charge in [-0.2, -0.15) is 0 Å². The average Bonchev–Trinajstić information content (AvgIpc) is 2.11. The zero-order chi connectivity index (χ0) is 7.78. The summed E-state index contributed by atoms with van der Waals surface area (Å²) in [6.45, 7) is 8.75. The van der Waals surface area contributed by atoms with Crippen molar-refractivity contribution in [1.82, 2.24) is 0 Å². The van der Waals surface area contributed by atoms with Crippen LogP contribution in [0, 0.1) is 5.41 Å². The maximum atomic E-state index is 5.47. The molecule has 1 heteroatoms. The van der Waals surface area contributed by atoms with E-state index in [2.05, 4.69) is 27.7 Å². The molecule has 0 radical (unpaired) electrons. The molecule has 0 aromatic heterocycles. The Hall–Kier alpha value is -0.460. The van der Waals surface area contributed by atoms with Gasteiger partial charge >= 0.3 is 0 Å².